The van der Waals surface area contributed by atoms with E-state index >= 15 is 0 Å². The number of amides is 1. The predicted octanol–water partition coefficient (Wildman–Crippen LogP) is 7.12. The van der Waals surface area contributed by atoms with Gasteiger partial charge in [-0.1, -0.05) is 57.9 Å². The molecule has 2 heteroatoms. The Morgan fingerprint density at radius 2 is 1.93 bits per heavy atom. The van der Waals surface area contributed by atoms with Crippen molar-refractivity contribution >= 4 is 17.6 Å². The van der Waals surface area contributed by atoms with Gasteiger partial charge in [-0.15, -0.1) is 12.3 Å². The van der Waals surface area contributed by atoms with E-state index in [4.69, 9.17) is 6.42 Å². The Bertz CT molecular complexity index is 680. The van der Waals surface area contributed by atoms with E-state index in [1.807, 2.05) is 32.0 Å². The van der Waals surface area contributed by atoms with Crippen molar-refractivity contribution in [1.82, 2.24) is 5.32 Å². The minimum absolute atomic E-state index is 0. The molecule has 0 saturated carbocycles. The van der Waals surface area contributed by atoms with Gasteiger partial charge in [0.1, 0.15) is 0 Å². The van der Waals surface area contributed by atoms with Crippen LogP contribution in [0.3, 0.4) is 0 Å². The maximum Gasteiger partial charge on any atom is 0.251 e. The number of terminal acetylenes is 1. The smallest absolute Gasteiger partial charge is 0.251 e. The summed E-state index contributed by atoms with van der Waals surface area (Å²) in [4.78, 5) is 12.0. The second-order valence-corrected chi connectivity index (χ2v) is 6.38. The van der Waals surface area contributed by atoms with Crippen molar-refractivity contribution in [3.63, 3.8) is 0 Å². The highest BCUT2D eigenvalue weighted by Crippen LogP contribution is 2.29. The molecule has 27 heavy (non-hydrogen) atoms. The van der Waals surface area contributed by atoms with E-state index in [2.05, 4.69) is 51.1 Å². The van der Waals surface area contributed by atoms with Crippen LogP contribution in [0.25, 0.3) is 11.6 Å². The minimum Gasteiger partial charge on any atom is -0.352 e. The molecule has 1 aliphatic rings. The summed E-state index contributed by atoms with van der Waals surface area (Å²) in [5.41, 5.74) is 5.76. The third kappa shape index (κ3) is 8.78. The molecule has 0 bridgehead atoms. The van der Waals surface area contributed by atoms with Crippen molar-refractivity contribution in [3.05, 3.63) is 46.5 Å². The van der Waals surface area contributed by atoms with Crippen LogP contribution in [0.15, 0.2) is 29.8 Å². The number of unbranched alkanes of at least 4 members (excludes halogenated alkanes) is 2. The first-order valence-corrected chi connectivity index (χ1v) is 10.2. The molecule has 1 amide bonds. The van der Waals surface area contributed by atoms with Crippen molar-refractivity contribution < 1.29 is 6.22 Å². The summed E-state index contributed by atoms with van der Waals surface area (Å²) >= 11 is 0. The number of carbonyl (C=O) groups excluding carboxylic acids is 1. The molecule has 1 N–H and O–H groups in total. The molecule has 0 unspecified atom stereocenters. The monoisotopic (exact) mass is 369 g/mol. The summed E-state index contributed by atoms with van der Waals surface area (Å²) in [6.07, 6.45) is 14.6. The summed E-state index contributed by atoms with van der Waals surface area (Å²) in [6.45, 7) is 13.2. The Morgan fingerprint density at radius 1 is 1.22 bits per heavy atom. The normalized spacial score (nSPS) is 11.7. The van der Waals surface area contributed by atoms with Gasteiger partial charge in [-0.3, -0.25) is 4.79 Å². The molecule has 0 aliphatic heterocycles. The molecule has 1 aromatic rings. The topological polar surface area (TPSA) is 29.1 Å². The number of hydrogen-bond acceptors (Lipinski definition) is 1. The molecule has 0 spiro atoms. The van der Waals surface area contributed by atoms with Crippen LogP contribution in [-0.2, 0) is 0 Å². The molecule has 0 fully saturated rings. The molecule has 150 valence electrons. The lowest BCUT2D eigenvalue weighted by Gasteiger charge is -2.11. The highest BCUT2D eigenvalue weighted by Gasteiger charge is 2.12. The lowest BCUT2D eigenvalue weighted by atomic mass is 9.96. The van der Waals surface area contributed by atoms with Gasteiger partial charge in [0.2, 0.25) is 0 Å². The van der Waals surface area contributed by atoms with E-state index in [0.29, 0.717) is 0 Å². The average molecular weight is 370 g/mol. The lowest BCUT2D eigenvalue weighted by Crippen LogP contribution is -2.24. The largest absolute Gasteiger partial charge is 0.352 e. The first kappa shape index (κ1) is 24.7. The van der Waals surface area contributed by atoms with Gasteiger partial charge in [-0.05, 0) is 61.9 Å². The van der Waals surface area contributed by atoms with E-state index in [-0.39, 0.29) is 7.33 Å². The third-order valence-corrected chi connectivity index (χ3v) is 4.29. The molecule has 0 atom stereocenters. The van der Waals surface area contributed by atoms with Gasteiger partial charge in [0, 0.05) is 20.0 Å². The molecular formula is C25H39NO. The van der Waals surface area contributed by atoms with E-state index < -0.39 is 0 Å². The lowest BCUT2D eigenvalue weighted by molar-refractivity contribution is 0.0953. The second kappa shape index (κ2) is 14.9. The highest BCUT2D eigenvalue weighted by atomic mass is 16.1. The van der Waals surface area contributed by atoms with Crippen LogP contribution in [0, 0.1) is 12.3 Å². The van der Waals surface area contributed by atoms with E-state index in [9.17, 15) is 4.79 Å². The van der Waals surface area contributed by atoms with Gasteiger partial charge < -0.3 is 5.32 Å². The second-order valence-electron chi connectivity index (χ2n) is 6.38. The van der Waals surface area contributed by atoms with Crippen molar-refractivity contribution in [2.24, 2.45) is 0 Å². The Morgan fingerprint density at radius 3 is 2.48 bits per heavy atom. The van der Waals surface area contributed by atoms with Crippen LogP contribution in [0.2, 0.25) is 0 Å². The van der Waals surface area contributed by atoms with Gasteiger partial charge in [0.15, 0.2) is 0 Å². The Labute approximate surface area is 168 Å². The zero-order chi connectivity index (χ0) is 20.7. The van der Waals surface area contributed by atoms with Gasteiger partial charge in [-0.25, -0.2) is 0 Å². The average Bonchev–Trinajstić information content (AvgIpc) is 2.85. The van der Waals surface area contributed by atoms with Gasteiger partial charge in [0.25, 0.3) is 5.91 Å². The highest BCUT2D eigenvalue weighted by molar-refractivity contribution is 5.96. The van der Waals surface area contributed by atoms with Gasteiger partial charge in [0.05, 0.1) is 0 Å². The molecule has 2 rings (SSSR count). The van der Waals surface area contributed by atoms with E-state index in [0.717, 1.165) is 31.4 Å². The maximum atomic E-state index is 12.0. The fraction of sp³-hybridized carbons (Fsp3) is 0.480. The van der Waals surface area contributed by atoms with Crippen molar-refractivity contribution in [3.8, 4) is 12.3 Å². The SMILES string of the molecule is C#CCCCC.CC.CCCNC(=O)c1ccc2c(c1)C(C)=C(C)CC=C2.[HH]. The van der Waals surface area contributed by atoms with Crippen LogP contribution in [0.5, 0.6) is 0 Å². The van der Waals surface area contributed by atoms with Crippen molar-refractivity contribution in [2.75, 3.05) is 6.54 Å². The molecular weight excluding hydrogens is 330 g/mol. The summed E-state index contributed by atoms with van der Waals surface area (Å²) in [6, 6.07) is 5.95. The van der Waals surface area contributed by atoms with Crippen LogP contribution in [-0.4, -0.2) is 12.5 Å². The number of hydrogen-bond donors (Lipinski definition) is 1. The van der Waals surface area contributed by atoms with Crippen LogP contribution in [0.4, 0.5) is 0 Å². The number of rotatable bonds is 5. The Balaban J connectivity index is 0. The van der Waals surface area contributed by atoms with Crippen LogP contribution < -0.4 is 5.32 Å². The summed E-state index contributed by atoms with van der Waals surface area (Å²) in [5, 5.41) is 2.92. The van der Waals surface area contributed by atoms with E-state index in [1.54, 1.807) is 0 Å². The fourth-order valence-corrected chi connectivity index (χ4v) is 2.53. The summed E-state index contributed by atoms with van der Waals surface area (Å²) in [5.74, 6) is 2.59. The molecule has 0 aromatic heterocycles. The summed E-state index contributed by atoms with van der Waals surface area (Å²) in [7, 11) is 0. The van der Waals surface area contributed by atoms with Crippen LogP contribution >= 0.6 is 0 Å². The zero-order valence-electron chi connectivity index (χ0n) is 18.1. The van der Waals surface area contributed by atoms with Crippen molar-refractivity contribution in [2.45, 2.75) is 73.6 Å². The molecule has 1 aromatic carbocycles. The first-order valence-electron chi connectivity index (χ1n) is 10.2. The third-order valence-electron chi connectivity index (χ3n) is 4.29. The molecule has 0 saturated heterocycles. The Hall–Kier alpha value is -2.27. The van der Waals surface area contributed by atoms with Gasteiger partial charge in [-0.2, -0.15) is 0 Å². The van der Waals surface area contributed by atoms with Crippen LogP contribution in [0.1, 0.15) is 96.6 Å². The fourth-order valence-electron chi connectivity index (χ4n) is 2.53. The van der Waals surface area contributed by atoms with Gasteiger partial charge >= 0.3 is 0 Å². The van der Waals surface area contributed by atoms with E-state index in [1.165, 1.54) is 35.1 Å². The number of benzene rings is 1. The number of allylic oxidation sites excluding steroid dienone is 3. The predicted molar refractivity (Wildman–Crippen MR) is 123 cm³/mol. The first-order chi connectivity index (χ1) is 13.0. The molecule has 2 nitrogen and oxygen atoms in total. The standard InChI is InChI=1S/C17H21NO.C6H10.C2H6.H2/c1-4-10-18-17(19)15-9-8-14-7-5-6-12(2)13(3)16(14)11-15;1-3-5-6-4-2;1-2;/h5,7-9,11H,4,6,10H2,1-3H3,(H,18,19);1H,4-6H2,2H3;1-2H3;1H. The molecule has 0 radical (unpaired) electrons. The summed E-state index contributed by atoms with van der Waals surface area (Å²) < 4.78 is 0. The number of carbonyl (C=O) groups is 1. The zero-order valence-corrected chi connectivity index (χ0v) is 18.1. The quantitative estimate of drug-likeness (QED) is 0.434. The number of nitrogens with one attached hydrogen (secondary N) is 1. The van der Waals surface area contributed by atoms with Crippen molar-refractivity contribution in [1.29, 1.82) is 0 Å². The number of fused-ring (bicyclic) bond motifs is 1. The maximum absolute atomic E-state index is 12.0. The Kier molecular flexibility index (Phi) is 13.6. The molecule has 0 heterocycles. The minimum atomic E-state index is 0. The molecule has 1 aliphatic carbocycles.